The number of benzene rings is 1. The summed E-state index contributed by atoms with van der Waals surface area (Å²) < 4.78 is 5.04. The predicted molar refractivity (Wildman–Crippen MR) is 81.8 cm³/mol. The van der Waals surface area contributed by atoms with E-state index in [9.17, 15) is 9.59 Å². The molecule has 0 aliphatic carbocycles. The van der Waals surface area contributed by atoms with E-state index in [0.717, 1.165) is 26.2 Å². The molecular formula is C16H19N3O3. The Hall–Kier alpha value is -2.08. The summed E-state index contributed by atoms with van der Waals surface area (Å²) in [7, 11) is 2.13. The van der Waals surface area contributed by atoms with Crippen molar-refractivity contribution in [1.82, 2.24) is 14.8 Å². The Balaban J connectivity index is 1.67. The number of aromatic nitrogens is 1. The zero-order chi connectivity index (χ0) is 15.5. The summed E-state index contributed by atoms with van der Waals surface area (Å²) in [5.74, 6) is -0.0351. The van der Waals surface area contributed by atoms with Gasteiger partial charge in [-0.15, -0.1) is 0 Å². The maximum Gasteiger partial charge on any atom is 0.417 e. The van der Waals surface area contributed by atoms with Gasteiger partial charge < -0.3 is 14.2 Å². The summed E-state index contributed by atoms with van der Waals surface area (Å²) in [5.41, 5.74) is 1.61. The quantitative estimate of drug-likeness (QED) is 0.857. The van der Waals surface area contributed by atoms with Crippen molar-refractivity contribution in [1.29, 1.82) is 0 Å². The van der Waals surface area contributed by atoms with Crippen molar-refractivity contribution in [3.05, 3.63) is 34.3 Å². The van der Waals surface area contributed by atoms with E-state index < -0.39 is 5.76 Å². The highest BCUT2D eigenvalue weighted by atomic mass is 16.4. The summed E-state index contributed by atoms with van der Waals surface area (Å²) in [6.07, 6.45) is 0. The van der Waals surface area contributed by atoms with Crippen LogP contribution in [0.2, 0.25) is 0 Å². The number of fused-ring (bicyclic) bond motifs is 2. The fraction of sp³-hybridized carbons (Fsp3) is 0.500. The van der Waals surface area contributed by atoms with E-state index in [2.05, 4.69) is 23.9 Å². The number of nitrogens with zero attached hydrogens (tertiary/aromatic N) is 2. The number of aromatic amines is 1. The number of rotatable bonds is 1. The van der Waals surface area contributed by atoms with Gasteiger partial charge in [-0.3, -0.25) is 9.78 Å². The van der Waals surface area contributed by atoms with Gasteiger partial charge in [0.05, 0.1) is 11.1 Å². The monoisotopic (exact) mass is 301 g/mol. The van der Waals surface area contributed by atoms with Crippen molar-refractivity contribution in [3.8, 4) is 0 Å². The molecule has 0 radical (unpaired) electrons. The Kier molecular flexibility index (Phi) is 2.75. The lowest BCUT2D eigenvalue weighted by Gasteiger charge is -2.24. The van der Waals surface area contributed by atoms with E-state index in [0.29, 0.717) is 22.6 Å². The average Bonchev–Trinajstić information content (AvgIpc) is 3.04. The molecule has 3 heterocycles. The normalized spacial score (nSPS) is 28.5. The van der Waals surface area contributed by atoms with Crippen molar-refractivity contribution in [3.63, 3.8) is 0 Å². The van der Waals surface area contributed by atoms with Crippen LogP contribution in [0.1, 0.15) is 17.3 Å². The van der Waals surface area contributed by atoms with Gasteiger partial charge in [-0.25, -0.2) is 4.79 Å². The second-order valence-electron chi connectivity index (χ2n) is 6.93. The first-order valence-electron chi connectivity index (χ1n) is 7.56. The minimum atomic E-state index is -0.526. The molecule has 1 aromatic carbocycles. The van der Waals surface area contributed by atoms with Crippen LogP contribution < -0.4 is 5.76 Å². The fourth-order valence-electron chi connectivity index (χ4n) is 4.11. The molecule has 116 valence electrons. The van der Waals surface area contributed by atoms with Crippen molar-refractivity contribution in [2.24, 2.45) is 11.3 Å². The summed E-state index contributed by atoms with van der Waals surface area (Å²) in [6, 6.07) is 5.19. The van der Waals surface area contributed by atoms with E-state index in [1.165, 1.54) is 0 Å². The third-order valence-electron chi connectivity index (χ3n) is 5.12. The van der Waals surface area contributed by atoms with Gasteiger partial charge in [0.25, 0.3) is 5.91 Å². The van der Waals surface area contributed by atoms with Crippen LogP contribution in [-0.2, 0) is 0 Å². The summed E-state index contributed by atoms with van der Waals surface area (Å²) in [4.78, 5) is 31.1. The van der Waals surface area contributed by atoms with E-state index in [1.54, 1.807) is 18.2 Å². The van der Waals surface area contributed by atoms with E-state index in [4.69, 9.17) is 4.42 Å². The van der Waals surface area contributed by atoms with Crippen LogP contribution in [0.3, 0.4) is 0 Å². The molecule has 0 saturated carbocycles. The number of nitrogens with one attached hydrogen (secondary N) is 1. The minimum Gasteiger partial charge on any atom is -0.408 e. The van der Waals surface area contributed by atoms with Crippen molar-refractivity contribution < 1.29 is 9.21 Å². The van der Waals surface area contributed by atoms with Gasteiger partial charge in [0.15, 0.2) is 5.58 Å². The highest BCUT2D eigenvalue weighted by Crippen LogP contribution is 2.41. The number of H-pyrrole nitrogens is 1. The van der Waals surface area contributed by atoms with Crippen molar-refractivity contribution >= 4 is 17.0 Å². The Bertz CT molecular complexity index is 808. The van der Waals surface area contributed by atoms with Gasteiger partial charge in [0.1, 0.15) is 0 Å². The van der Waals surface area contributed by atoms with Crippen LogP contribution in [-0.4, -0.2) is 53.9 Å². The molecule has 2 fully saturated rings. The summed E-state index contributed by atoms with van der Waals surface area (Å²) in [5, 5.41) is 0. The maximum atomic E-state index is 12.9. The molecule has 1 N–H and O–H groups in total. The lowest BCUT2D eigenvalue weighted by atomic mass is 9.83. The number of likely N-dealkylation sites (tertiary alicyclic amines) is 2. The zero-order valence-electron chi connectivity index (χ0n) is 12.8. The van der Waals surface area contributed by atoms with Gasteiger partial charge >= 0.3 is 5.76 Å². The van der Waals surface area contributed by atoms with Crippen LogP contribution in [0.25, 0.3) is 11.1 Å². The molecule has 2 aromatic rings. The molecule has 2 atom stereocenters. The number of hydrogen-bond donors (Lipinski definition) is 1. The van der Waals surface area contributed by atoms with Gasteiger partial charge in [0, 0.05) is 31.6 Å². The maximum absolute atomic E-state index is 12.9. The van der Waals surface area contributed by atoms with Crippen LogP contribution in [0, 0.1) is 11.3 Å². The Morgan fingerprint density at radius 3 is 2.95 bits per heavy atom. The molecule has 1 amide bonds. The zero-order valence-corrected chi connectivity index (χ0v) is 12.8. The predicted octanol–water partition coefficient (Wildman–Crippen LogP) is 1.14. The van der Waals surface area contributed by atoms with E-state index in [1.807, 2.05) is 4.90 Å². The third-order valence-corrected chi connectivity index (χ3v) is 5.12. The van der Waals surface area contributed by atoms with Crippen molar-refractivity contribution in [2.45, 2.75) is 6.92 Å². The van der Waals surface area contributed by atoms with E-state index in [-0.39, 0.29) is 11.3 Å². The molecule has 1 aromatic heterocycles. The fourth-order valence-corrected chi connectivity index (χ4v) is 4.11. The molecule has 2 saturated heterocycles. The number of carbonyl (C=O) groups is 1. The lowest BCUT2D eigenvalue weighted by Crippen LogP contribution is -2.34. The van der Waals surface area contributed by atoms with Crippen LogP contribution in [0.15, 0.2) is 27.4 Å². The Labute approximate surface area is 127 Å². The smallest absolute Gasteiger partial charge is 0.408 e. The van der Waals surface area contributed by atoms with Crippen LogP contribution in [0.4, 0.5) is 0 Å². The number of carbonyl (C=O) groups excluding carboxylic acids is 1. The Morgan fingerprint density at radius 1 is 1.36 bits per heavy atom. The first-order valence-corrected chi connectivity index (χ1v) is 7.56. The highest BCUT2D eigenvalue weighted by Gasteiger charge is 2.49. The second-order valence-corrected chi connectivity index (χ2v) is 6.93. The van der Waals surface area contributed by atoms with E-state index >= 15 is 0 Å². The number of para-hydroxylation sites is 1. The molecule has 0 unspecified atom stereocenters. The van der Waals surface area contributed by atoms with Crippen LogP contribution >= 0.6 is 0 Å². The summed E-state index contributed by atoms with van der Waals surface area (Å²) >= 11 is 0. The average molecular weight is 301 g/mol. The summed E-state index contributed by atoms with van der Waals surface area (Å²) in [6.45, 7) is 5.85. The molecular weight excluding hydrogens is 282 g/mol. The lowest BCUT2D eigenvalue weighted by molar-refractivity contribution is 0.0767. The minimum absolute atomic E-state index is 0.0269. The van der Waals surface area contributed by atoms with Crippen molar-refractivity contribution in [2.75, 3.05) is 33.2 Å². The molecule has 6 nitrogen and oxygen atoms in total. The van der Waals surface area contributed by atoms with Crippen LogP contribution in [0.5, 0.6) is 0 Å². The Morgan fingerprint density at radius 2 is 2.18 bits per heavy atom. The molecule has 6 heteroatoms. The number of hydrogen-bond acceptors (Lipinski definition) is 4. The molecule has 4 rings (SSSR count). The van der Waals surface area contributed by atoms with Gasteiger partial charge in [-0.1, -0.05) is 13.0 Å². The SMILES string of the molecule is CN1C[C@@H]2CN(C(=O)c3cccc4oc(=O)[nH]c34)C[C@]2(C)C1. The first kappa shape index (κ1) is 13.6. The standard InChI is InChI=1S/C16H19N3O3/c1-16-8-18(2)6-10(16)7-19(9-16)14(20)11-4-3-5-12-13(11)17-15(21)22-12/h3-5,10H,6-9H2,1-2H3,(H,17,21)/t10-,16+/m1/s1. The first-order chi connectivity index (χ1) is 10.5. The molecule has 0 spiro atoms. The topological polar surface area (TPSA) is 69.5 Å². The highest BCUT2D eigenvalue weighted by molar-refractivity contribution is 6.04. The van der Waals surface area contributed by atoms with Gasteiger partial charge in [0.2, 0.25) is 0 Å². The third kappa shape index (κ3) is 1.90. The molecule has 2 aliphatic rings. The second kappa shape index (κ2) is 4.46. The number of oxazole rings is 1. The molecule has 0 bridgehead atoms. The largest absolute Gasteiger partial charge is 0.417 e. The van der Waals surface area contributed by atoms with Gasteiger partial charge in [-0.2, -0.15) is 0 Å². The van der Waals surface area contributed by atoms with Gasteiger partial charge in [-0.05, 0) is 25.1 Å². The molecule has 22 heavy (non-hydrogen) atoms. The number of amides is 1. The molecule has 2 aliphatic heterocycles.